The Morgan fingerprint density at radius 3 is 2.47 bits per heavy atom. The Kier molecular flexibility index (Phi) is 6.87. The lowest BCUT2D eigenvalue weighted by Gasteiger charge is -2.18. The number of nitrogens with two attached hydrogens (primary N) is 1. The van der Waals surface area contributed by atoms with Gasteiger partial charge in [-0.1, -0.05) is 0 Å². The van der Waals surface area contributed by atoms with E-state index in [1.165, 1.54) is 0 Å². The second-order valence-electron chi connectivity index (χ2n) is 3.76. The van der Waals surface area contributed by atoms with E-state index in [0.29, 0.717) is 13.0 Å². The van der Waals surface area contributed by atoms with Gasteiger partial charge in [0.1, 0.15) is 6.61 Å². The van der Waals surface area contributed by atoms with Gasteiger partial charge in [0.05, 0.1) is 0 Å². The van der Waals surface area contributed by atoms with E-state index in [9.17, 15) is 13.2 Å². The molecule has 6 heteroatoms. The highest BCUT2D eigenvalue weighted by atomic mass is 19.4. The molecular weight excluding hydrogens is 209 g/mol. The number of nitrogens with zero attached hydrogens (tertiary/aromatic N) is 1. The predicted molar refractivity (Wildman–Crippen MR) is 52.6 cm³/mol. The summed E-state index contributed by atoms with van der Waals surface area (Å²) in [4.78, 5) is 1.97. The molecule has 0 aliphatic carbocycles. The molecule has 0 fully saturated rings. The van der Waals surface area contributed by atoms with Gasteiger partial charge in [-0.3, -0.25) is 0 Å². The van der Waals surface area contributed by atoms with E-state index < -0.39 is 12.8 Å². The number of halogens is 3. The fraction of sp³-hybridized carbons (Fsp3) is 1.00. The van der Waals surface area contributed by atoms with E-state index in [1.54, 1.807) is 0 Å². The van der Waals surface area contributed by atoms with Crippen molar-refractivity contribution in [1.82, 2.24) is 4.90 Å². The van der Waals surface area contributed by atoms with Crippen LogP contribution in [0.3, 0.4) is 0 Å². The first-order valence-electron chi connectivity index (χ1n) is 4.90. The van der Waals surface area contributed by atoms with Crippen LogP contribution in [0.25, 0.3) is 0 Å². The van der Waals surface area contributed by atoms with Crippen LogP contribution < -0.4 is 5.73 Å². The number of ether oxygens (including phenoxy) is 1. The van der Waals surface area contributed by atoms with E-state index in [0.717, 1.165) is 6.54 Å². The van der Waals surface area contributed by atoms with E-state index in [2.05, 4.69) is 4.74 Å². The lowest BCUT2D eigenvalue weighted by Crippen LogP contribution is -2.33. The van der Waals surface area contributed by atoms with Crippen molar-refractivity contribution >= 4 is 0 Å². The fourth-order valence-corrected chi connectivity index (χ4v) is 1.21. The van der Waals surface area contributed by atoms with Gasteiger partial charge in [-0.15, -0.1) is 0 Å². The van der Waals surface area contributed by atoms with Crippen LogP contribution in [0.1, 0.15) is 13.3 Å². The summed E-state index contributed by atoms with van der Waals surface area (Å²) in [6, 6.07) is 0.0751. The third-order valence-corrected chi connectivity index (χ3v) is 1.69. The van der Waals surface area contributed by atoms with Gasteiger partial charge < -0.3 is 15.4 Å². The second-order valence-corrected chi connectivity index (χ2v) is 3.76. The van der Waals surface area contributed by atoms with E-state index >= 15 is 0 Å². The molecule has 15 heavy (non-hydrogen) atoms. The minimum Gasteiger partial charge on any atom is -0.372 e. The van der Waals surface area contributed by atoms with Crippen LogP contribution in [0.5, 0.6) is 0 Å². The highest BCUT2D eigenvalue weighted by Crippen LogP contribution is 2.14. The van der Waals surface area contributed by atoms with Gasteiger partial charge in [-0.05, 0) is 20.4 Å². The van der Waals surface area contributed by atoms with E-state index in [4.69, 9.17) is 5.73 Å². The van der Waals surface area contributed by atoms with Crippen LogP contribution in [-0.4, -0.2) is 50.5 Å². The molecule has 0 saturated carbocycles. The molecule has 0 aromatic heterocycles. The molecule has 1 unspecified atom stereocenters. The highest BCUT2D eigenvalue weighted by Gasteiger charge is 2.27. The molecule has 1 atom stereocenters. The monoisotopic (exact) mass is 228 g/mol. The maximum atomic E-state index is 11.7. The van der Waals surface area contributed by atoms with Crippen molar-refractivity contribution in [3.63, 3.8) is 0 Å². The van der Waals surface area contributed by atoms with Crippen LogP contribution in [0.4, 0.5) is 13.2 Å². The lowest BCUT2D eigenvalue weighted by atomic mass is 10.3. The molecule has 2 N–H and O–H groups in total. The zero-order valence-corrected chi connectivity index (χ0v) is 9.18. The molecule has 0 aromatic carbocycles. The summed E-state index contributed by atoms with van der Waals surface area (Å²) in [5.74, 6) is 0. The third-order valence-electron chi connectivity index (χ3n) is 1.69. The first kappa shape index (κ1) is 14.7. The van der Waals surface area contributed by atoms with Crippen molar-refractivity contribution in [2.24, 2.45) is 5.73 Å². The molecule has 3 nitrogen and oxygen atoms in total. The Balaban J connectivity index is 3.31. The Morgan fingerprint density at radius 2 is 2.00 bits per heavy atom. The second kappa shape index (κ2) is 7.03. The van der Waals surface area contributed by atoms with Gasteiger partial charge >= 0.3 is 6.18 Å². The van der Waals surface area contributed by atoms with Crippen LogP contribution >= 0.6 is 0 Å². The predicted octanol–water partition coefficient (Wildman–Crippen LogP) is 1.23. The van der Waals surface area contributed by atoms with Gasteiger partial charge in [0.25, 0.3) is 0 Å². The Hall–Kier alpha value is -0.330. The summed E-state index contributed by atoms with van der Waals surface area (Å²) in [7, 11) is 1.88. The van der Waals surface area contributed by atoms with Gasteiger partial charge in [-0.2, -0.15) is 13.2 Å². The van der Waals surface area contributed by atoms with Gasteiger partial charge in [0.15, 0.2) is 0 Å². The van der Waals surface area contributed by atoms with Gasteiger partial charge in [-0.25, -0.2) is 0 Å². The maximum absolute atomic E-state index is 11.7. The summed E-state index contributed by atoms with van der Waals surface area (Å²) in [6.45, 7) is 2.28. The SMILES string of the molecule is CC(N)CN(C)CCCOCC(F)(F)F. The smallest absolute Gasteiger partial charge is 0.372 e. The van der Waals surface area contributed by atoms with Crippen LogP contribution in [0.2, 0.25) is 0 Å². The van der Waals surface area contributed by atoms with Crippen molar-refractivity contribution in [3.05, 3.63) is 0 Å². The van der Waals surface area contributed by atoms with Crippen LogP contribution in [0.15, 0.2) is 0 Å². The van der Waals surface area contributed by atoms with Crippen molar-refractivity contribution in [1.29, 1.82) is 0 Å². The quantitative estimate of drug-likeness (QED) is 0.666. The highest BCUT2D eigenvalue weighted by molar-refractivity contribution is 4.59. The van der Waals surface area contributed by atoms with Crippen molar-refractivity contribution < 1.29 is 17.9 Å². The zero-order valence-electron chi connectivity index (χ0n) is 9.18. The normalized spacial score (nSPS) is 14.6. The molecule has 0 rings (SSSR count). The van der Waals surface area contributed by atoms with E-state index in [-0.39, 0.29) is 12.6 Å². The topological polar surface area (TPSA) is 38.5 Å². The number of alkyl halides is 3. The first-order valence-corrected chi connectivity index (χ1v) is 4.90. The van der Waals surface area contributed by atoms with Gasteiger partial charge in [0, 0.05) is 25.7 Å². The van der Waals surface area contributed by atoms with Crippen LogP contribution in [0, 0.1) is 0 Å². The summed E-state index contributed by atoms with van der Waals surface area (Å²) in [5.41, 5.74) is 5.56. The standard InChI is InChI=1S/C9H19F3N2O/c1-8(13)6-14(2)4-3-5-15-7-9(10,11)12/h8H,3-7,13H2,1-2H3. The lowest BCUT2D eigenvalue weighted by molar-refractivity contribution is -0.174. The van der Waals surface area contributed by atoms with Crippen LogP contribution in [-0.2, 0) is 4.74 Å². The number of rotatable bonds is 7. The molecule has 0 aromatic rings. The zero-order chi connectivity index (χ0) is 11.9. The average Bonchev–Trinajstić information content (AvgIpc) is 1.99. The minimum atomic E-state index is -4.22. The molecule has 0 saturated heterocycles. The van der Waals surface area contributed by atoms with Crippen molar-refractivity contribution in [2.75, 3.05) is 33.4 Å². The number of likely N-dealkylation sites (N-methyl/N-ethyl adjacent to an activating group) is 1. The average molecular weight is 228 g/mol. The largest absolute Gasteiger partial charge is 0.411 e. The molecule has 0 amide bonds. The molecule has 0 spiro atoms. The molecule has 0 aliphatic heterocycles. The maximum Gasteiger partial charge on any atom is 0.411 e. The Morgan fingerprint density at radius 1 is 1.40 bits per heavy atom. The molecule has 0 heterocycles. The molecule has 0 radical (unpaired) electrons. The summed E-state index contributed by atoms with van der Waals surface area (Å²) in [5, 5.41) is 0. The Labute approximate surface area is 88.4 Å². The van der Waals surface area contributed by atoms with E-state index in [1.807, 2.05) is 18.9 Å². The summed E-state index contributed by atoms with van der Waals surface area (Å²) >= 11 is 0. The molecule has 0 aliphatic rings. The van der Waals surface area contributed by atoms with Crippen molar-refractivity contribution in [2.45, 2.75) is 25.6 Å². The molecular formula is C9H19F3N2O. The fourth-order valence-electron chi connectivity index (χ4n) is 1.21. The first-order chi connectivity index (χ1) is 6.81. The third kappa shape index (κ3) is 11.6. The number of hydrogen-bond donors (Lipinski definition) is 1. The Bertz CT molecular complexity index is 162. The number of hydrogen-bond acceptors (Lipinski definition) is 3. The summed E-state index contributed by atoms with van der Waals surface area (Å²) < 4.78 is 39.5. The summed E-state index contributed by atoms with van der Waals surface area (Å²) in [6.07, 6.45) is -3.64. The van der Waals surface area contributed by atoms with Crippen molar-refractivity contribution in [3.8, 4) is 0 Å². The molecule has 92 valence electrons. The minimum absolute atomic E-state index is 0.0751. The molecule has 0 bridgehead atoms. The van der Waals surface area contributed by atoms with Gasteiger partial charge in [0.2, 0.25) is 0 Å².